The molecule has 0 saturated heterocycles. The normalized spacial score (nSPS) is 11.5. The maximum absolute atomic E-state index is 12.6. The van der Waals surface area contributed by atoms with E-state index >= 15 is 0 Å². The number of carboxylic acids is 1. The summed E-state index contributed by atoms with van der Waals surface area (Å²) in [5, 5.41) is 17.1. The van der Waals surface area contributed by atoms with E-state index in [0.29, 0.717) is 11.8 Å². The number of H-pyrrole nitrogens is 1. The van der Waals surface area contributed by atoms with Gasteiger partial charge in [0.05, 0.1) is 11.2 Å². The molecule has 6 nitrogen and oxygen atoms in total. The Bertz CT molecular complexity index is 1050. The molecule has 2 N–H and O–H groups in total. The molecule has 0 radical (unpaired) electrons. The molecule has 3 aromatic rings. The number of nitrogens with zero attached hydrogens (tertiary/aromatic N) is 2. The lowest BCUT2D eigenvalue weighted by molar-refractivity contribution is 0.0694. The number of aromatic nitrogens is 3. The first-order valence-electron chi connectivity index (χ1n) is 8.62. The zero-order valence-electron chi connectivity index (χ0n) is 15.7. The van der Waals surface area contributed by atoms with Gasteiger partial charge in [0.15, 0.2) is 0 Å². The van der Waals surface area contributed by atoms with E-state index in [1.807, 2.05) is 51.3 Å². The van der Waals surface area contributed by atoms with E-state index in [1.54, 1.807) is 0 Å². The Kier molecular flexibility index (Phi) is 4.44. The van der Waals surface area contributed by atoms with Crippen molar-refractivity contribution in [3.63, 3.8) is 0 Å². The van der Waals surface area contributed by atoms with Crippen LogP contribution in [0.5, 0.6) is 0 Å². The van der Waals surface area contributed by atoms with Crippen LogP contribution in [0.15, 0.2) is 23.1 Å². The molecule has 2 aromatic heterocycles. The van der Waals surface area contributed by atoms with Crippen LogP contribution in [0.2, 0.25) is 0 Å². The molecule has 0 unspecified atom stereocenters. The van der Waals surface area contributed by atoms with Crippen molar-refractivity contribution in [1.82, 2.24) is 14.8 Å². The SMILES string of the molecule is Cc1cc2c(=O)c(C(=O)O)cn(C(C)C)c2cc1Cc1c(C)n[nH]c1C. The van der Waals surface area contributed by atoms with E-state index in [-0.39, 0.29) is 11.6 Å². The molecular formula is C20H23N3O3. The van der Waals surface area contributed by atoms with Gasteiger partial charge in [0.25, 0.3) is 0 Å². The Morgan fingerprint density at radius 3 is 2.50 bits per heavy atom. The first kappa shape index (κ1) is 17.9. The van der Waals surface area contributed by atoms with Crippen LogP contribution in [0, 0.1) is 20.8 Å². The van der Waals surface area contributed by atoms with Crippen LogP contribution in [-0.2, 0) is 6.42 Å². The van der Waals surface area contributed by atoms with Gasteiger partial charge in [-0.1, -0.05) is 0 Å². The fraction of sp³-hybridized carbons (Fsp3) is 0.350. The lowest BCUT2D eigenvalue weighted by Gasteiger charge is -2.18. The zero-order chi connectivity index (χ0) is 19.2. The third-order valence-corrected chi connectivity index (χ3v) is 4.92. The number of aromatic carboxylic acids is 1. The molecule has 0 aliphatic rings. The second-order valence-corrected chi connectivity index (χ2v) is 7.06. The third-order valence-electron chi connectivity index (χ3n) is 4.92. The van der Waals surface area contributed by atoms with E-state index in [1.165, 1.54) is 6.20 Å². The average Bonchev–Trinajstić information content (AvgIpc) is 2.87. The predicted molar refractivity (Wildman–Crippen MR) is 101 cm³/mol. The van der Waals surface area contributed by atoms with Gasteiger partial charge in [-0.25, -0.2) is 4.79 Å². The number of rotatable bonds is 4. The number of nitrogens with one attached hydrogen (secondary N) is 1. The molecule has 26 heavy (non-hydrogen) atoms. The summed E-state index contributed by atoms with van der Waals surface area (Å²) < 4.78 is 1.86. The van der Waals surface area contributed by atoms with Crippen LogP contribution in [0.3, 0.4) is 0 Å². The fourth-order valence-corrected chi connectivity index (χ4v) is 3.34. The van der Waals surface area contributed by atoms with Crippen molar-refractivity contribution in [2.75, 3.05) is 0 Å². The average molecular weight is 353 g/mol. The van der Waals surface area contributed by atoms with Crippen LogP contribution >= 0.6 is 0 Å². The standard InChI is InChI=1S/C20H23N3O3/c1-10(2)23-9-17(20(25)26)19(24)16-6-11(3)14(8-18(16)23)7-15-12(4)21-22-13(15)5/h6,8-10H,7H2,1-5H3,(H,21,22)(H,25,26). The smallest absolute Gasteiger partial charge is 0.341 e. The molecule has 0 bridgehead atoms. The monoisotopic (exact) mass is 353 g/mol. The van der Waals surface area contributed by atoms with Crippen molar-refractivity contribution in [2.45, 2.75) is 47.1 Å². The quantitative estimate of drug-likeness (QED) is 0.751. The number of hydrogen-bond donors (Lipinski definition) is 2. The van der Waals surface area contributed by atoms with Crippen molar-refractivity contribution in [3.05, 3.63) is 62.2 Å². The molecule has 0 aliphatic heterocycles. The summed E-state index contributed by atoms with van der Waals surface area (Å²) in [6.07, 6.45) is 2.16. The van der Waals surface area contributed by atoms with Gasteiger partial charge in [-0.3, -0.25) is 9.89 Å². The fourth-order valence-electron chi connectivity index (χ4n) is 3.34. The largest absolute Gasteiger partial charge is 0.477 e. The van der Waals surface area contributed by atoms with Crippen molar-refractivity contribution in [1.29, 1.82) is 0 Å². The molecule has 1 aromatic carbocycles. The maximum atomic E-state index is 12.6. The maximum Gasteiger partial charge on any atom is 0.341 e. The minimum absolute atomic E-state index is 0.0316. The summed E-state index contributed by atoms with van der Waals surface area (Å²) in [6.45, 7) is 9.86. The Balaban J connectivity index is 2.27. The van der Waals surface area contributed by atoms with Gasteiger partial charge in [0.2, 0.25) is 5.43 Å². The highest BCUT2D eigenvalue weighted by Gasteiger charge is 2.18. The molecule has 3 rings (SSSR count). The topological polar surface area (TPSA) is 88.0 Å². The van der Waals surface area contributed by atoms with Crippen molar-refractivity contribution < 1.29 is 9.90 Å². The Labute approximate surface area is 151 Å². The Morgan fingerprint density at radius 1 is 1.27 bits per heavy atom. The van der Waals surface area contributed by atoms with Crippen LogP contribution in [0.4, 0.5) is 0 Å². The van der Waals surface area contributed by atoms with E-state index in [9.17, 15) is 14.7 Å². The molecule has 2 heterocycles. The Hall–Kier alpha value is -2.89. The number of hydrogen-bond acceptors (Lipinski definition) is 3. The van der Waals surface area contributed by atoms with Crippen molar-refractivity contribution in [3.8, 4) is 0 Å². The molecule has 136 valence electrons. The molecular weight excluding hydrogens is 330 g/mol. The molecule has 0 amide bonds. The highest BCUT2D eigenvalue weighted by molar-refractivity contribution is 5.93. The van der Waals surface area contributed by atoms with Crippen molar-refractivity contribution >= 4 is 16.9 Å². The van der Waals surface area contributed by atoms with E-state index < -0.39 is 11.4 Å². The second-order valence-electron chi connectivity index (χ2n) is 7.06. The number of carboxylic acid groups (broad SMARTS) is 1. The van der Waals surface area contributed by atoms with Gasteiger partial charge in [-0.05, 0) is 57.9 Å². The molecule has 0 fully saturated rings. The van der Waals surface area contributed by atoms with Crippen molar-refractivity contribution in [2.24, 2.45) is 0 Å². The van der Waals surface area contributed by atoms with Gasteiger partial charge < -0.3 is 9.67 Å². The molecule has 0 spiro atoms. The summed E-state index contributed by atoms with van der Waals surface area (Å²) in [6, 6.07) is 3.84. The van der Waals surface area contributed by atoms with Crippen LogP contribution < -0.4 is 5.43 Å². The van der Waals surface area contributed by atoms with Gasteiger partial charge in [0, 0.05) is 35.3 Å². The summed E-state index contributed by atoms with van der Waals surface area (Å²) in [4.78, 5) is 24.1. The number of benzene rings is 1. The lowest BCUT2D eigenvalue weighted by atomic mass is 9.96. The third kappa shape index (κ3) is 2.92. The minimum atomic E-state index is -1.20. The van der Waals surface area contributed by atoms with Gasteiger partial charge in [0.1, 0.15) is 5.56 Å². The summed E-state index contributed by atoms with van der Waals surface area (Å²) in [5.41, 5.74) is 5.33. The molecule has 0 saturated carbocycles. The molecule has 0 aliphatic carbocycles. The first-order valence-corrected chi connectivity index (χ1v) is 8.62. The van der Waals surface area contributed by atoms with E-state index in [2.05, 4.69) is 10.2 Å². The number of fused-ring (bicyclic) bond motifs is 1. The number of aryl methyl sites for hydroxylation is 3. The second kappa shape index (κ2) is 6.44. The van der Waals surface area contributed by atoms with E-state index in [4.69, 9.17) is 0 Å². The van der Waals surface area contributed by atoms with Crippen LogP contribution in [0.25, 0.3) is 10.9 Å². The minimum Gasteiger partial charge on any atom is -0.477 e. The highest BCUT2D eigenvalue weighted by Crippen LogP contribution is 2.24. The van der Waals surface area contributed by atoms with Gasteiger partial charge in [-0.15, -0.1) is 0 Å². The number of pyridine rings is 1. The predicted octanol–water partition coefficient (Wildman–Crippen LogP) is 3.52. The molecule has 0 atom stereocenters. The number of aromatic amines is 1. The summed E-state index contributed by atoms with van der Waals surface area (Å²) in [5.74, 6) is -1.20. The Morgan fingerprint density at radius 2 is 1.96 bits per heavy atom. The summed E-state index contributed by atoms with van der Waals surface area (Å²) in [7, 11) is 0. The lowest BCUT2D eigenvalue weighted by Crippen LogP contribution is -2.20. The van der Waals surface area contributed by atoms with Crippen LogP contribution in [-0.4, -0.2) is 25.8 Å². The first-order chi connectivity index (χ1) is 12.2. The number of carbonyl (C=O) groups is 1. The highest BCUT2D eigenvalue weighted by atomic mass is 16.4. The van der Waals surface area contributed by atoms with E-state index in [0.717, 1.165) is 33.6 Å². The summed E-state index contributed by atoms with van der Waals surface area (Å²) >= 11 is 0. The van der Waals surface area contributed by atoms with Gasteiger partial charge in [-0.2, -0.15) is 5.10 Å². The molecule has 6 heteroatoms. The zero-order valence-corrected chi connectivity index (χ0v) is 15.7. The van der Waals surface area contributed by atoms with Gasteiger partial charge >= 0.3 is 5.97 Å². The van der Waals surface area contributed by atoms with Crippen LogP contribution in [0.1, 0.15) is 58.3 Å².